The molecule has 0 aromatic carbocycles. The van der Waals surface area contributed by atoms with Gasteiger partial charge in [0.25, 0.3) is 0 Å². The van der Waals surface area contributed by atoms with Gasteiger partial charge in [-0.1, -0.05) is 13.8 Å². The van der Waals surface area contributed by atoms with Crippen molar-refractivity contribution >= 4 is 16.0 Å². The Balaban J connectivity index is 3.46. The molecule has 6 nitrogen and oxygen atoms in total. The predicted molar refractivity (Wildman–Crippen MR) is 76.7 cm³/mol. The standard InChI is InChI=1S/C13H19F3N2O4S/c1-7(2)10-9(6-18(4)11(10)12(19)22-5)23(20,21)17-8(3)13(14,15)16/h6-8,17H,1-5H3/t8-/m1/s1. The molecule has 0 saturated carbocycles. The van der Waals surface area contributed by atoms with Crippen molar-refractivity contribution in [1.29, 1.82) is 0 Å². The number of esters is 1. The van der Waals surface area contributed by atoms with E-state index in [0.717, 1.165) is 13.3 Å². The highest BCUT2D eigenvalue weighted by Gasteiger charge is 2.40. The number of aryl methyl sites for hydroxylation is 1. The summed E-state index contributed by atoms with van der Waals surface area (Å²) in [5.41, 5.74) is 0.101. The van der Waals surface area contributed by atoms with Crippen LogP contribution in [0.5, 0.6) is 0 Å². The van der Waals surface area contributed by atoms with Crippen LogP contribution >= 0.6 is 0 Å². The zero-order chi connectivity index (χ0) is 18.2. The van der Waals surface area contributed by atoms with Crippen LogP contribution in [0.2, 0.25) is 0 Å². The predicted octanol–water partition coefficient (Wildman–Crippen LogP) is 2.16. The van der Waals surface area contributed by atoms with Gasteiger partial charge in [-0.2, -0.15) is 17.9 Å². The molecule has 0 amide bonds. The van der Waals surface area contributed by atoms with Gasteiger partial charge in [0, 0.05) is 18.8 Å². The van der Waals surface area contributed by atoms with Crippen molar-refractivity contribution in [2.45, 2.75) is 43.8 Å². The van der Waals surface area contributed by atoms with Gasteiger partial charge in [-0.05, 0) is 12.8 Å². The molecular weight excluding hydrogens is 337 g/mol. The van der Waals surface area contributed by atoms with E-state index >= 15 is 0 Å². The molecule has 0 bridgehead atoms. The molecule has 10 heteroatoms. The molecule has 1 aromatic heterocycles. The monoisotopic (exact) mass is 356 g/mol. The van der Waals surface area contributed by atoms with Gasteiger partial charge in [-0.15, -0.1) is 0 Å². The van der Waals surface area contributed by atoms with Crippen molar-refractivity contribution in [2.24, 2.45) is 7.05 Å². The van der Waals surface area contributed by atoms with E-state index < -0.39 is 34.1 Å². The maximum absolute atomic E-state index is 12.6. The summed E-state index contributed by atoms with van der Waals surface area (Å²) in [6.07, 6.45) is -3.61. The molecule has 0 aliphatic carbocycles. The quantitative estimate of drug-likeness (QED) is 0.820. The Kier molecular flexibility index (Phi) is 5.53. The fourth-order valence-corrected chi connectivity index (χ4v) is 3.75. The second-order valence-electron chi connectivity index (χ2n) is 5.40. The second-order valence-corrected chi connectivity index (χ2v) is 7.08. The summed E-state index contributed by atoms with van der Waals surface area (Å²) in [4.78, 5) is 11.5. The maximum Gasteiger partial charge on any atom is 0.404 e. The van der Waals surface area contributed by atoms with E-state index in [1.807, 2.05) is 0 Å². The first-order valence-corrected chi connectivity index (χ1v) is 8.17. The number of ether oxygens (including phenoxy) is 1. The Morgan fingerprint density at radius 3 is 2.22 bits per heavy atom. The first-order chi connectivity index (χ1) is 10.3. The summed E-state index contributed by atoms with van der Waals surface area (Å²) >= 11 is 0. The van der Waals surface area contributed by atoms with E-state index in [4.69, 9.17) is 0 Å². The Bertz CT molecular complexity index is 693. The molecule has 0 aliphatic heterocycles. The van der Waals surface area contributed by atoms with Crippen LogP contribution in [0, 0.1) is 0 Å². The van der Waals surface area contributed by atoms with Gasteiger partial charge >= 0.3 is 12.1 Å². The molecule has 0 radical (unpaired) electrons. The molecule has 0 saturated heterocycles. The van der Waals surface area contributed by atoms with Gasteiger partial charge in [0.05, 0.1) is 7.11 Å². The summed E-state index contributed by atoms with van der Waals surface area (Å²) < 4.78 is 69.9. The lowest BCUT2D eigenvalue weighted by Crippen LogP contribution is -2.43. The fourth-order valence-electron chi connectivity index (χ4n) is 2.10. The van der Waals surface area contributed by atoms with Crippen LogP contribution in [0.25, 0.3) is 0 Å². The molecule has 0 spiro atoms. The van der Waals surface area contributed by atoms with Crippen molar-refractivity contribution in [3.05, 3.63) is 17.5 Å². The summed E-state index contributed by atoms with van der Waals surface area (Å²) in [5, 5.41) is 0. The van der Waals surface area contributed by atoms with Gasteiger partial charge in [0.2, 0.25) is 10.0 Å². The number of carbonyl (C=O) groups excluding carboxylic acids is 1. The van der Waals surface area contributed by atoms with Crippen molar-refractivity contribution in [3.8, 4) is 0 Å². The third kappa shape index (κ3) is 4.05. The van der Waals surface area contributed by atoms with Crippen molar-refractivity contribution in [2.75, 3.05) is 7.11 Å². The van der Waals surface area contributed by atoms with Crippen LogP contribution in [-0.4, -0.2) is 38.3 Å². The lowest BCUT2D eigenvalue weighted by Gasteiger charge is -2.18. The fraction of sp³-hybridized carbons (Fsp3) is 0.615. The number of sulfonamides is 1. The van der Waals surface area contributed by atoms with Gasteiger partial charge in [0.1, 0.15) is 16.6 Å². The molecule has 1 heterocycles. The minimum absolute atomic E-state index is 0.0115. The number of nitrogens with zero attached hydrogens (tertiary/aromatic N) is 1. The number of rotatable bonds is 5. The number of hydrogen-bond acceptors (Lipinski definition) is 4. The van der Waals surface area contributed by atoms with E-state index in [9.17, 15) is 26.4 Å². The second kappa shape index (κ2) is 6.52. The Hall–Kier alpha value is -1.55. The smallest absolute Gasteiger partial charge is 0.404 e. The van der Waals surface area contributed by atoms with Crippen LogP contribution in [-0.2, 0) is 21.8 Å². The van der Waals surface area contributed by atoms with Gasteiger partial charge in [0.15, 0.2) is 0 Å². The summed E-state index contributed by atoms with van der Waals surface area (Å²) in [5.74, 6) is -1.18. The van der Waals surface area contributed by atoms with Crippen LogP contribution < -0.4 is 4.72 Å². The number of halogens is 3. The first kappa shape index (κ1) is 19.5. The highest BCUT2D eigenvalue weighted by Crippen LogP contribution is 2.30. The maximum atomic E-state index is 12.6. The topological polar surface area (TPSA) is 77.4 Å². The largest absolute Gasteiger partial charge is 0.464 e. The number of alkyl halides is 3. The molecule has 132 valence electrons. The van der Waals surface area contributed by atoms with Crippen molar-refractivity contribution < 1.29 is 31.1 Å². The Morgan fingerprint density at radius 1 is 1.30 bits per heavy atom. The summed E-state index contributed by atoms with van der Waals surface area (Å²) in [6.45, 7) is 3.97. The third-order valence-corrected chi connectivity index (χ3v) is 4.82. The molecule has 23 heavy (non-hydrogen) atoms. The first-order valence-electron chi connectivity index (χ1n) is 6.69. The summed E-state index contributed by atoms with van der Waals surface area (Å²) in [6, 6.07) is -2.26. The highest BCUT2D eigenvalue weighted by molar-refractivity contribution is 7.89. The van der Waals surface area contributed by atoms with Crippen LogP contribution in [0.15, 0.2) is 11.1 Å². The molecular formula is C13H19F3N2O4S. The van der Waals surface area contributed by atoms with Crippen LogP contribution in [0.3, 0.4) is 0 Å². The van der Waals surface area contributed by atoms with Crippen LogP contribution in [0.1, 0.15) is 42.7 Å². The van der Waals surface area contributed by atoms with Gasteiger partial charge < -0.3 is 9.30 Å². The molecule has 1 atom stereocenters. The lowest BCUT2D eigenvalue weighted by atomic mass is 10.0. The molecule has 1 aromatic rings. The zero-order valence-electron chi connectivity index (χ0n) is 13.4. The average molecular weight is 356 g/mol. The lowest BCUT2D eigenvalue weighted by molar-refractivity contribution is -0.147. The zero-order valence-corrected chi connectivity index (χ0v) is 14.2. The average Bonchev–Trinajstić information content (AvgIpc) is 2.74. The van der Waals surface area contributed by atoms with E-state index in [2.05, 4.69) is 4.74 Å². The normalized spacial score (nSPS) is 14.1. The molecule has 0 aliphatic rings. The summed E-state index contributed by atoms with van der Waals surface area (Å²) in [7, 11) is -1.90. The van der Waals surface area contributed by atoms with E-state index in [0.29, 0.717) is 6.92 Å². The van der Waals surface area contributed by atoms with Crippen molar-refractivity contribution in [3.63, 3.8) is 0 Å². The number of methoxy groups -OCH3 is 1. The number of hydrogen-bond donors (Lipinski definition) is 1. The third-order valence-electron chi connectivity index (χ3n) is 3.25. The van der Waals surface area contributed by atoms with E-state index in [1.54, 1.807) is 18.6 Å². The molecule has 0 fully saturated rings. The minimum atomic E-state index is -4.72. The number of aromatic nitrogens is 1. The van der Waals surface area contributed by atoms with Crippen LogP contribution in [0.4, 0.5) is 13.2 Å². The van der Waals surface area contributed by atoms with Gasteiger partial charge in [-0.25, -0.2) is 13.2 Å². The van der Waals surface area contributed by atoms with Gasteiger partial charge in [-0.3, -0.25) is 0 Å². The van der Waals surface area contributed by atoms with E-state index in [-0.39, 0.29) is 16.2 Å². The number of nitrogens with one attached hydrogen (secondary N) is 1. The SMILES string of the molecule is COC(=O)c1c(C(C)C)c(S(=O)(=O)N[C@H](C)C(F)(F)F)cn1C. The Labute approximate surface area is 132 Å². The molecule has 1 rings (SSSR count). The van der Waals surface area contributed by atoms with E-state index in [1.165, 1.54) is 11.6 Å². The molecule has 1 N–H and O–H groups in total. The minimum Gasteiger partial charge on any atom is -0.464 e. The van der Waals surface area contributed by atoms with Crippen molar-refractivity contribution in [1.82, 2.24) is 9.29 Å². The highest BCUT2D eigenvalue weighted by atomic mass is 32.2. The number of carbonyl (C=O) groups is 1. The molecule has 0 unspecified atom stereocenters. The Morgan fingerprint density at radius 2 is 1.83 bits per heavy atom.